The molecule has 1 unspecified atom stereocenters. The zero-order valence-electron chi connectivity index (χ0n) is 12.1. The summed E-state index contributed by atoms with van der Waals surface area (Å²) >= 11 is 1.98. The fourth-order valence-electron chi connectivity index (χ4n) is 3.42. The third kappa shape index (κ3) is 4.75. The van der Waals surface area contributed by atoms with Crippen LogP contribution in [0.25, 0.3) is 0 Å². The second-order valence-electron chi connectivity index (χ2n) is 5.89. The first-order valence-electron chi connectivity index (χ1n) is 7.85. The Morgan fingerprint density at radius 2 is 1.83 bits per heavy atom. The molecule has 0 aromatic carbocycles. The molecule has 2 saturated heterocycles. The van der Waals surface area contributed by atoms with Gasteiger partial charge in [-0.25, -0.2) is 0 Å². The maximum atomic E-state index is 2.74. The molecule has 2 aliphatic heterocycles. The van der Waals surface area contributed by atoms with Crippen LogP contribution in [-0.4, -0.2) is 60.6 Å². The van der Waals surface area contributed by atoms with Gasteiger partial charge in [0.1, 0.15) is 0 Å². The first-order valence-corrected chi connectivity index (χ1v) is 9.25. The molecule has 0 saturated carbocycles. The molecule has 0 spiro atoms. The first-order chi connectivity index (χ1) is 8.90. The molecular weight excluding hydrogens is 240 g/mol. The fraction of sp³-hybridized carbons (Fsp3) is 1.00. The molecule has 2 heterocycles. The molecule has 3 heteroatoms. The van der Waals surface area contributed by atoms with Gasteiger partial charge in [0.2, 0.25) is 0 Å². The Morgan fingerprint density at radius 3 is 2.72 bits per heavy atom. The van der Waals surface area contributed by atoms with Crippen LogP contribution < -0.4 is 0 Å². The molecule has 18 heavy (non-hydrogen) atoms. The van der Waals surface area contributed by atoms with E-state index < -0.39 is 0 Å². The minimum Gasteiger partial charge on any atom is -0.302 e. The second kappa shape index (κ2) is 8.44. The number of unbranched alkanes of at least 4 members (excludes halogenated alkanes) is 3. The van der Waals surface area contributed by atoms with Crippen molar-refractivity contribution in [2.45, 2.75) is 51.0 Å². The molecule has 0 bridgehead atoms. The summed E-state index contributed by atoms with van der Waals surface area (Å²) in [4.78, 5) is 5.48. The van der Waals surface area contributed by atoms with Crippen molar-refractivity contribution in [3.05, 3.63) is 0 Å². The van der Waals surface area contributed by atoms with E-state index in [1.165, 1.54) is 83.4 Å². The Kier molecular flexibility index (Phi) is 6.88. The molecule has 0 aromatic heterocycles. The number of nitrogens with zero attached hydrogens (tertiary/aromatic N) is 2. The van der Waals surface area contributed by atoms with E-state index >= 15 is 0 Å². The van der Waals surface area contributed by atoms with Gasteiger partial charge in [-0.3, -0.25) is 4.90 Å². The summed E-state index contributed by atoms with van der Waals surface area (Å²) in [6, 6.07) is 0.893. The van der Waals surface area contributed by atoms with E-state index in [-0.39, 0.29) is 0 Å². The van der Waals surface area contributed by atoms with Crippen molar-refractivity contribution in [3.8, 4) is 0 Å². The van der Waals surface area contributed by atoms with Gasteiger partial charge in [0.15, 0.2) is 0 Å². The highest BCUT2D eigenvalue weighted by Crippen LogP contribution is 2.21. The Labute approximate surface area is 117 Å². The van der Waals surface area contributed by atoms with Crippen LogP contribution in [0.2, 0.25) is 0 Å². The summed E-state index contributed by atoms with van der Waals surface area (Å²) < 4.78 is 0. The lowest BCUT2D eigenvalue weighted by Gasteiger charge is -2.25. The van der Waals surface area contributed by atoms with Crippen LogP contribution in [0.15, 0.2) is 0 Å². The molecular formula is C15H30N2S. The summed E-state index contributed by atoms with van der Waals surface area (Å²) in [6.45, 7) is 6.77. The van der Waals surface area contributed by atoms with Gasteiger partial charge in [-0.15, -0.1) is 0 Å². The van der Waals surface area contributed by atoms with E-state index in [4.69, 9.17) is 0 Å². The van der Waals surface area contributed by atoms with Gasteiger partial charge < -0.3 is 4.90 Å². The number of thioether (sulfide) groups is 1. The molecule has 106 valence electrons. The van der Waals surface area contributed by atoms with E-state index in [2.05, 4.69) is 16.1 Å². The van der Waals surface area contributed by atoms with Crippen LogP contribution in [0, 0.1) is 0 Å². The third-order valence-electron chi connectivity index (χ3n) is 4.46. The van der Waals surface area contributed by atoms with Crippen molar-refractivity contribution in [2.75, 3.05) is 44.7 Å². The Hall–Kier alpha value is 0.270. The number of hydrogen-bond acceptors (Lipinski definition) is 3. The minimum absolute atomic E-state index is 0.893. The molecule has 0 aliphatic carbocycles. The zero-order valence-corrected chi connectivity index (χ0v) is 12.9. The normalized spacial score (nSPS) is 26.2. The van der Waals surface area contributed by atoms with E-state index in [9.17, 15) is 0 Å². The van der Waals surface area contributed by atoms with E-state index in [1.54, 1.807) is 0 Å². The Morgan fingerprint density at radius 1 is 1.00 bits per heavy atom. The van der Waals surface area contributed by atoms with Gasteiger partial charge in [-0.05, 0) is 70.3 Å². The predicted molar refractivity (Wildman–Crippen MR) is 82.5 cm³/mol. The van der Waals surface area contributed by atoms with Crippen molar-refractivity contribution in [1.82, 2.24) is 9.80 Å². The largest absolute Gasteiger partial charge is 0.302 e. The topological polar surface area (TPSA) is 6.48 Å². The summed E-state index contributed by atoms with van der Waals surface area (Å²) in [6.07, 6.45) is 12.2. The van der Waals surface area contributed by atoms with Crippen molar-refractivity contribution in [3.63, 3.8) is 0 Å². The lowest BCUT2D eigenvalue weighted by Crippen LogP contribution is -2.36. The van der Waals surface area contributed by atoms with Gasteiger partial charge in [-0.2, -0.15) is 11.8 Å². The first kappa shape index (κ1) is 14.7. The van der Waals surface area contributed by atoms with Crippen LogP contribution in [0.5, 0.6) is 0 Å². The lowest BCUT2D eigenvalue weighted by atomic mass is 10.1. The highest BCUT2D eigenvalue weighted by atomic mass is 32.2. The van der Waals surface area contributed by atoms with E-state index in [1.807, 2.05) is 11.8 Å². The maximum absolute atomic E-state index is 2.74. The molecule has 0 amide bonds. The highest BCUT2D eigenvalue weighted by molar-refractivity contribution is 7.98. The van der Waals surface area contributed by atoms with Crippen LogP contribution in [0.3, 0.4) is 0 Å². The molecule has 2 aliphatic rings. The number of rotatable bonds is 7. The molecule has 0 N–H and O–H groups in total. The molecule has 2 nitrogen and oxygen atoms in total. The quantitative estimate of drug-likeness (QED) is 0.657. The molecule has 0 aromatic rings. The van der Waals surface area contributed by atoms with Crippen LogP contribution >= 0.6 is 11.8 Å². The third-order valence-corrected chi connectivity index (χ3v) is 5.16. The average Bonchev–Trinajstić information content (AvgIpc) is 2.72. The van der Waals surface area contributed by atoms with Crippen molar-refractivity contribution in [1.29, 1.82) is 0 Å². The monoisotopic (exact) mass is 270 g/mol. The standard InChI is InChI=1S/C15H30N2S/c1-18-13-5-3-2-4-9-16-10-7-12-17-11-6-8-15(17)14-16/h15H,2-14H2,1H3. The summed E-state index contributed by atoms with van der Waals surface area (Å²) in [5.74, 6) is 1.35. The van der Waals surface area contributed by atoms with E-state index in [0.717, 1.165) is 6.04 Å². The smallest absolute Gasteiger partial charge is 0.0223 e. The average molecular weight is 270 g/mol. The van der Waals surface area contributed by atoms with Crippen molar-refractivity contribution < 1.29 is 0 Å². The summed E-state index contributed by atoms with van der Waals surface area (Å²) in [5, 5.41) is 0. The Bertz CT molecular complexity index is 223. The number of fused-ring (bicyclic) bond motifs is 1. The van der Waals surface area contributed by atoms with E-state index in [0.29, 0.717) is 0 Å². The van der Waals surface area contributed by atoms with Crippen molar-refractivity contribution in [2.24, 2.45) is 0 Å². The SMILES string of the molecule is CSCCCCCCN1CCCN2CCCC2C1. The minimum atomic E-state index is 0.893. The van der Waals surface area contributed by atoms with Gasteiger partial charge >= 0.3 is 0 Å². The predicted octanol–water partition coefficient (Wildman–Crippen LogP) is 3.08. The lowest BCUT2D eigenvalue weighted by molar-refractivity contribution is 0.217. The maximum Gasteiger partial charge on any atom is 0.0223 e. The van der Waals surface area contributed by atoms with Crippen LogP contribution in [0.4, 0.5) is 0 Å². The van der Waals surface area contributed by atoms with Gasteiger partial charge in [0.25, 0.3) is 0 Å². The fourth-order valence-corrected chi connectivity index (χ4v) is 3.91. The van der Waals surface area contributed by atoms with Crippen molar-refractivity contribution >= 4 is 11.8 Å². The molecule has 0 radical (unpaired) electrons. The summed E-state index contributed by atoms with van der Waals surface area (Å²) in [7, 11) is 0. The zero-order chi connectivity index (χ0) is 12.6. The number of hydrogen-bond donors (Lipinski definition) is 0. The van der Waals surface area contributed by atoms with Gasteiger partial charge in [-0.1, -0.05) is 12.8 Å². The van der Waals surface area contributed by atoms with Crippen LogP contribution in [-0.2, 0) is 0 Å². The molecule has 1 atom stereocenters. The van der Waals surface area contributed by atoms with Gasteiger partial charge in [0, 0.05) is 12.6 Å². The summed E-state index contributed by atoms with van der Waals surface area (Å²) in [5.41, 5.74) is 0. The molecule has 2 fully saturated rings. The Balaban J connectivity index is 1.57. The second-order valence-corrected chi connectivity index (χ2v) is 6.88. The van der Waals surface area contributed by atoms with Gasteiger partial charge in [0.05, 0.1) is 0 Å². The highest BCUT2D eigenvalue weighted by Gasteiger charge is 2.28. The molecule has 2 rings (SSSR count). The van der Waals surface area contributed by atoms with Crippen LogP contribution in [0.1, 0.15) is 44.9 Å².